The molecule has 2 aliphatic rings. The second kappa shape index (κ2) is 7.59. The number of halogens is 3. The van der Waals surface area contributed by atoms with Crippen molar-refractivity contribution in [1.82, 2.24) is 9.31 Å². The lowest BCUT2D eigenvalue weighted by Crippen LogP contribution is -2.58. The summed E-state index contributed by atoms with van der Waals surface area (Å²) in [6.45, 7) is -0.354. The largest absolute Gasteiger partial charge is 0.438 e. The zero-order chi connectivity index (χ0) is 22.3. The summed E-state index contributed by atoms with van der Waals surface area (Å²) in [5.74, 6) is -2.01. The van der Waals surface area contributed by atoms with Crippen molar-refractivity contribution in [2.75, 3.05) is 13.1 Å². The van der Waals surface area contributed by atoms with Gasteiger partial charge in [-0.1, -0.05) is 6.07 Å². The third kappa shape index (κ3) is 3.77. The number of hydrogen-bond donors (Lipinski definition) is 1. The van der Waals surface area contributed by atoms with Crippen LogP contribution in [0.1, 0.15) is 19.3 Å². The number of aliphatic hydroxyl groups is 1. The fourth-order valence-corrected chi connectivity index (χ4v) is 4.84. The summed E-state index contributed by atoms with van der Waals surface area (Å²) in [5, 5.41) is 24.1. The highest BCUT2D eigenvalue weighted by Crippen LogP contribution is 2.40. The number of hydrazone groups is 1. The molecule has 10 nitrogen and oxygen atoms in total. The first-order chi connectivity index (χ1) is 13.9. The van der Waals surface area contributed by atoms with Crippen LogP contribution >= 0.6 is 0 Å². The number of non-ortho nitro benzene ring substituents is 1. The van der Waals surface area contributed by atoms with Crippen molar-refractivity contribution in [2.45, 2.75) is 36.1 Å². The highest BCUT2D eigenvalue weighted by atomic mass is 32.2. The maximum atomic E-state index is 13.2. The molecule has 14 heteroatoms. The molecule has 2 heterocycles. The number of benzene rings is 1. The molecule has 0 radical (unpaired) electrons. The minimum absolute atomic E-state index is 0.0163. The topological polar surface area (TPSA) is 133 Å². The van der Waals surface area contributed by atoms with Gasteiger partial charge in [0.15, 0.2) is 0 Å². The second-order valence-electron chi connectivity index (χ2n) is 6.90. The molecule has 164 valence electrons. The van der Waals surface area contributed by atoms with Gasteiger partial charge in [-0.05, 0) is 18.9 Å². The maximum absolute atomic E-state index is 13.2. The van der Waals surface area contributed by atoms with Gasteiger partial charge in [0.2, 0.25) is 15.9 Å². The highest BCUT2D eigenvalue weighted by Gasteiger charge is 2.62. The van der Waals surface area contributed by atoms with Crippen molar-refractivity contribution in [1.29, 1.82) is 0 Å². The maximum Gasteiger partial charge on any atom is 0.438 e. The molecule has 3 rings (SSSR count). The van der Waals surface area contributed by atoms with Crippen LogP contribution in [-0.2, 0) is 14.8 Å². The van der Waals surface area contributed by atoms with Crippen LogP contribution in [-0.4, -0.2) is 64.9 Å². The number of carbonyl (C=O) groups is 1. The second-order valence-corrected chi connectivity index (χ2v) is 8.84. The molecule has 0 aliphatic carbocycles. The number of amides is 1. The van der Waals surface area contributed by atoms with Crippen molar-refractivity contribution in [3.05, 3.63) is 34.4 Å². The van der Waals surface area contributed by atoms with Crippen LogP contribution in [0.15, 0.2) is 34.3 Å². The Kier molecular flexibility index (Phi) is 5.60. The molecule has 1 saturated heterocycles. The molecular formula is C16H17F3N4O6S. The van der Waals surface area contributed by atoms with Crippen molar-refractivity contribution >= 4 is 27.8 Å². The summed E-state index contributed by atoms with van der Waals surface area (Å²) in [5.41, 5.74) is -3.82. The van der Waals surface area contributed by atoms with Crippen LogP contribution in [0, 0.1) is 16.0 Å². The molecule has 0 unspecified atom stereocenters. The predicted molar refractivity (Wildman–Crippen MR) is 95.5 cm³/mol. The van der Waals surface area contributed by atoms with E-state index in [1.165, 1.54) is 12.1 Å². The Balaban J connectivity index is 1.72. The van der Waals surface area contributed by atoms with E-state index in [4.69, 9.17) is 0 Å². The molecule has 1 N–H and O–H groups in total. The summed E-state index contributed by atoms with van der Waals surface area (Å²) < 4.78 is 65.9. The molecule has 1 aromatic carbocycles. The Bertz CT molecular complexity index is 991. The van der Waals surface area contributed by atoms with Gasteiger partial charge in [0.25, 0.3) is 11.4 Å². The van der Waals surface area contributed by atoms with E-state index in [2.05, 4.69) is 5.10 Å². The first kappa shape index (κ1) is 22.1. The number of alkyl halides is 3. The highest BCUT2D eigenvalue weighted by molar-refractivity contribution is 7.89. The predicted octanol–water partition coefficient (Wildman–Crippen LogP) is 1.46. The van der Waals surface area contributed by atoms with Gasteiger partial charge in [-0.15, -0.1) is 0 Å². The Morgan fingerprint density at radius 2 is 1.93 bits per heavy atom. The number of nitrogens with zero attached hydrogens (tertiary/aromatic N) is 4. The molecule has 0 spiro atoms. The number of nitro benzene ring substituents is 1. The zero-order valence-corrected chi connectivity index (χ0v) is 16.1. The summed E-state index contributed by atoms with van der Waals surface area (Å²) >= 11 is 0. The number of hydrogen-bond acceptors (Lipinski definition) is 7. The molecule has 0 bridgehead atoms. The van der Waals surface area contributed by atoms with Crippen LogP contribution in [0.4, 0.5) is 18.9 Å². The van der Waals surface area contributed by atoms with Crippen molar-refractivity contribution in [2.24, 2.45) is 11.0 Å². The fourth-order valence-electron chi connectivity index (χ4n) is 3.33. The number of nitro groups is 1. The minimum Gasteiger partial charge on any atom is -0.362 e. The number of carbonyl (C=O) groups excluding carboxylic acids is 1. The Morgan fingerprint density at radius 3 is 2.50 bits per heavy atom. The van der Waals surface area contributed by atoms with E-state index in [0.717, 1.165) is 22.7 Å². The van der Waals surface area contributed by atoms with Crippen LogP contribution in [0.2, 0.25) is 0 Å². The molecule has 0 saturated carbocycles. The summed E-state index contributed by atoms with van der Waals surface area (Å²) in [7, 11) is -4.09. The number of rotatable bonds is 4. The number of sulfonamides is 1. The van der Waals surface area contributed by atoms with Gasteiger partial charge in [-0.25, -0.2) is 8.42 Å². The quantitative estimate of drug-likeness (QED) is 0.545. The standard InChI is InChI=1S/C16H17F3N4O6S/c17-16(18,19)15(25)6-7-20-22(15)14(24)11-4-8-21(9-5-11)30(28,29)13-3-1-2-12(10-13)23(26)27/h1-3,7,10-11,25H,4-6,8-9H2/t15-/m1/s1. The van der Waals surface area contributed by atoms with Gasteiger partial charge in [0, 0.05) is 43.8 Å². The van der Waals surface area contributed by atoms with E-state index in [0.29, 0.717) is 0 Å². The fraction of sp³-hybridized carbons (Fsp3) is 0.500. The first-order valence-corrected chi connectivity index (χ1v) is 10.2. The summed E-state index contributed by atoms with van der Waals surface area (Å²) in [4.78, 5) is 22.4. The lowest BCUT2D eigenvalue weighted by Gasteiger charge is -2.36. The Hall–Kier alpha value is -2.58. The first-order valence-electron chi connectivity index (χ1n) is 8.78. The minimum atomic E-state index is -5.11. The van der Waals surface area contributed by atoms with Crippen molar-refractivity contribution in [3.8, 4) is 0 Å². The molecular weight excluding hydrogens is 433 g/mol. The molecule has 0 aromatic heterocycles. The lowest BCUT2D eigenvalue weighted by molar-refractivity contribution is -0.385. The SMILES string of the molecule is O=C(C1CCN(S(=O)(=O)c2cccc([N+](=O)[O-])c2)CC1)N1N=CC[C@@]1(O)C(F)(F)F. The van der Waals surface area contributed by atoms with E-state index in [-0.39, 0.29) is 35.8 Å². The summed E-state index contributed by atoms with van der Waals surface area (Å²) in [6, 6.07) is 4.48. The third-order valence-electron chi connectivity index (χ3n) is 5.06. The Labute approximate surface area is 168 Å². The normalized spacial score (nSPS) is 23.7. The van der Waals surface area contributed by atoms with Gasteiger partial charge >= 0.3 is 6.18 Å². The lowest BCUT2D eigenvalue weighted by atomic mass is 9.96. The van der Waals surface area contributed by atoms with Crippen LogP contribution in [0.3, 0.4) is 0 Å². The molecule has 1 atom stereocenters. The van der Waals surface area contributed by atoms with Gasteiger partial charge in [0.1, 0.15) is 0 Å². The third-order valence-corrected chi connectivity index (χ3v) is 6.95. The van der Waals surface area contributed by atoms with Gasteiger partial charge in [0.05, 0.1) is 9.82 Å². The average Bonchev–Trinajstić information content (AvgIpc) is 3.10. The van der Waals surface area contributed by atoms with Gasteiger partial charge < -0.3 is 5.11 Å². The van der Waals surface area contributed by atoms with Crippen molar-refractivity contribution in [3.63, 3.8) is 0 Å². The molecule has 1 aromatic rings. The molecule has 1 amide bonds. The molecule has 2 aliphatic heterocycles. The monoisotopic (exact) mass is 450 g/mol. The van der Waals surface area contributed by atoms with Crippen LogP contribution in [0.25, 0.3) is 0 Å². The van der Waals surface area contributed by atoms with E-state index in [9.17, 15) is 41.6 Å². The smallest absolute Gasteiger partial charge is 0.362 e. The molecule has 1 fully saturated rings. The van der Waals surface area contributed by atoms with Gasteiger partial charge in [-0.3, -0.25) is 14.9 Å². The Morgan fingerprint density at radius 1 is 1.30 bits per heavy atom. The van der Waals surface area contributed by atoms with E-state index in [1.54, 1.807) is 0 Å². The van der Waals surface area contributed by atoms with E-state index in [1.807, 2.05) is 0 Å². The van der Waals surface area contributed by atoms with Crippen LogP contribution < -0.4 is 0 Å². The van der Waals surface area contributed by atoms with E-state index >= 15 is 0 Å². The van der Waals surface area contributed by atoms with Gasteiger partial charge in [-0.2, -0.15) is 27.6 Å². The zero-order valence-electron chi connectivity index (χ0n) is 15.3. The summed E-state index contributed by atoms with van der Waals surface area (Å²) in [6.07, 6.45) is -5.37. The molecule has 30 heavy (non-hydrogen) atoms. The average molecular weight is 450 g/mol. The number of piperidine rings is 1. The van der Waals surface area contributed by atoms with E-state index < -0.39 is 50.8 Å². The van der Waals surface area contributed by atoms with Crippen LogP contribution in [0.5, 0.6) is 0 Å². The van der Waals surface area contributed by atoms with Crippen molar-refractivity contribution < 1.29 is 36.4 Å².